The van der Waals surface area contributed by atoms with Gasteiger partial charge in [-0.05, 0) is 52.9 Å². The van der Waals surface area contributed by atoms with Crippen LogP contribution in [0.1, 0.15) is 5.82 Å². The fraction of sp³-hybridized carbons (Fsp3) is 0.0714. The minimum absolute atomic E-state index is 0.236. The molecule has 0 aliphatic carbocycles. The molecule has 0 amide bonds. The molecule has 2 aromatic carbocycles. The van der Waals surface area contributed by atoms with E-state index in [0.717, 1.165) is 14.8 Å². The number of nitrogens with zero attached hydrogens (tertiary/aromatic N) is 2. The summed E-state index contributed by atoms with van der Waals surface area (Å²) in [6, 6.07) is 12.9. The number of alkyl halides is 1. The molecule has 0 aliphatic heterocycles. The van der Waals surface area contributed by atoms with Gasteiger partial charge in [0, 0.05) is 9.26 Å². The van der Waals surface area contributed by atoms with E-state index in [2.05, 4.69) is 27.6 Å². The van der Waals surface area contributed by atoms with Crippen LogP contribution >= 0.6 is 34.2 Å². The van der Waals surface area contributed by atoms with Gasteiger partial charge in [0.15, 0.2) is 5.82 Å². The van der Waals surface area contributed by atoms with Crippen LogP contribution < -0.4 is 0 Å². The predicted octanol–water partition coefficient (Wildman–Crippen LogP) is 4.51. The first-order chi connectivity index (χ1) is 9.20. The van der Waals surface area contributed by atoms with Crippen molar-refractivity contribution in [2.24, 2.45) is 0 Å². The van der Waals surface area contributed by atoms with E-state index in [4.69, 9.17) is 11.6 Å². The summed E-state index contributed by atoms with van der Waals surface area (Å²) in [4.78, 5) is 4.29. The average molecular weight is 387 g/mol. The zero-order valence-electron chi connectivity index (χ0n) is 9.78. The minimum Gasteiger partial charge on any atom is -0.295 e. The van der Waals surface area contributed by atoms with Crippen LogP contribution in [0.3, 0.4) is 0 Å². The van der Waals surface area contributed by atoms with Gasteiger partial charge in [-0.3, -0.25) is 4.57 Å². The SMILES string of the molecule is Fc1cccc2c1nc(CCl)n2-c1cccc(I)c1. The van der Waals surface area contributed by atoms with E-state index in [0.29, 0.717) is 11.3 Å². The Balaban J connectivity index is 2.36. The number of aromatic nitrogens is 2. The van der Waals surface area contributed by atoms with Crippen molar-refractivity contribution in [3.8, 4) is 5.69 Å². The summed E-state index contributed by atoms with van der Waals surface area (Å²) in [6.45, 7) is 0. The van der Waals surface area contributed by atoms with Crippen LogP contribution in [0.5, 0.6) is 0 Å². The summed E-state index contributed by atoms with van der Waals surface area (Å²) in [5, 5.41) is 0. The first kappa shape index (κ1) is 12.9. The molecular formula is C14H9ClFIN2. The van der Waals surface area contributed by atoms with Gasteiger partial charge in [-0.2, -0.15) is 0 Å². The molecule has 2 nitrogen and oxygen atoms in total. The predicted molar refractivity (Wildman–Crippen MR) is 83.3 cm³/mol. The van der Waals surface area contributed by atoms with Crippen molar-refractivity contribution in [2.75, 3.05) is 0 Å². The Bertz CT molecular complexity index is 754. The van der Waals surface area contributed by atoms with Crippen LogP contribution in [-0.4, -0.2) is 9.55 Å². The maximum atomic E-state index is 13.8. The molecule has 0 aliphatic rings. The summed E-state index contributed by atoms with van der Waals surface area (Å²) in [6.07, 6.45) is 0. The molecule has 0 atom stereocenters. The Morgan fingerprint density at radius 1 is 1.21 bits per heavy atom. The molecule has 0 fully saturated rings. The highest BCUT2D eigenvalue weighted by molar-refractivity contribution is 14.1. The Morgan fingerprint density at radius 2 is 2.00 bits per heavy atom. The van der Waals surface area contributed by atoms with Gasteiger partial charge in [0.25, 0.3) is 0 Å². The van der Waals surface area contributed by atoms with Crippen molar-refractivity contribution in [2.45, 2.75) is 5.88 Å². The number of fused-ring (bicyclic) bond motifs is 1. The van der Waals surface area contributed by atoms with E-state index >= 15 is 0 Å². The second kappa shape index (κ2) is 5.09. The van der Waals surface area contributed by atoms with Gasteiger partial charge in [0.1, 0.15) is 11.3 Å². The van der Waals surface area contributed by atoms with Gasteiger partial charge in [0.2, 0.25) is 0 Å². The lowest BCUT2D eigenvalue weighted by atomic mass is 10.2. The molecule has 0 spiro atoms. The maximum absolute atomic E-state index is 13.8. The van der Waals surface area contributed by atoms with Crippen molar-refractivity contribution in [3.63, 3.8) is 0 Å². The smallest absolute Gasteiger partial charge is 0.151 e. The Hall–Kier alpha value is -1.14. The average Bonchev–Trinajstić information content (AvgIpc) is 2.78. The molecule has 1 heterocycles. The third-order valence-electron chi connectivity index (χ3n) is 2.89. The van der Waals surface area contributed by atoms with Crippen molar-refractivity contribution in [1.29, 1.82) is 0 Å². The van der Waals surface area contributed by atoms with E-state index in [1.165, 1.54) is 6.07 Å². The zero-order chi connectivity index (χ0) is 13.4. The van der Waals surface area contributed by atoms with Gasteiger partial charge in [-0.1, -0.05) is 12.1 Å². The van der Waals surface area contributed by atoms with Crippen LogP contribution in [0.4, 0.5) is 4.39 Å². The minimum atomic E-state index is -0.326. The first-order valence-corrected chi connectivity index (χ1v) is 7.30. The molecule has 0 N–H and O–H groups in total. The quantitative estimate of drug-likeness (QED) is 0.468. The molecule has 3 aromatic rings. The number of hydrogen-bond donors (Lipinski definition) is 0. The highest BCUT2D eigenvalue weighted by Crippen LogP contribution is 2.25. The molecule has 19 heavy (non-hydrogen) atoms. The van der Waals surface area contributed by atoms with Crippen LogP contribution in [-0.2, 0) is 5.88 Å². The molecule has 0 saturated heterocycles. The molecule has 0 saturated carbocycles. The largest absolute Gasteiger partial charge is 0.295 e. The molecule has 1 aromatic heterocycles. The third kappa shape index (κ3) is 2.23. The molecule has 0 radical (unpaired) electrons. The van der Waals surface area contributed by atoms with Crippen molar-refractivity contribution >= 4 is 45.2 Å². The van der Waals surface area contributed by atoms with Gasteiger partial charge >= 0.3 is 0 Å². The lowest BCUT2D eigenvalue weighted by Crippen LogP contribution is -1.99. The number of halogens is 3. The van der Waals surface area contributed by atoms with E-state index in [1.807, 2.05) is 34.9 Å². The fourth-order valence-corrected chi connectivity index (χ4v) is 2.81. The lowest BCUT2D eigenvalue weighted by Gasteiger charge is -2.08. The van der Waals surface area contributed by atoms with Crippen LogP contribution in [0, 0.1) is 9.39 Å². The van der Waals surface area contributed by atoms with Crippen molar-refractivity contribution in [1.82, 2.24) is 9.55 Å². The highest BCUT2D eigenvalue weighted by atomic mass is 127. The maximum Gasteiger partial charge on any atom is 0.151 e. The summed E-state index contributed by atoms with van der Waals surface area (Å²) in [5.74, 6) is 0.552. The van der Waals surface area contributed by atoms with Gasteiger partial charge in [0.05, 0.1) is 11.4 Å². The van der Waals surface area contributed by atoms with E-state index in [1.54, 1.807) is 6.07 Å². The second-order valence-electron chi connectivity index (χ2n) is 4.08. The Kier molecular flexibility index (Phi) is 3.45. The number of hydrogen-bond acceptors (Lipinski definition) is 1. The van der Waals surface area contributed by atoms with E-state index in [-0.39, 0.29) is 11.7 Å². The lowest BCUT2D eigenvalue weighted by molar-refractivity contribution is 0.637. The van der Waals surface area contributed by atoms with E-state index in [9.17, 15) is 4.39 Å². The normalized spacial score (nSPS) is 11.1. The molecule has 3 rings (SSSR count). The van der Waals surface area contributed by atoms with E-state index < -0.39 is 0 Å². The van der Waals surface area contributed by atoms with Gasteiger partial charge in [-0.15, -0.1) is 11.6 Å². The van der Waals surface area contributed by atoms with Crippen LogP contribution in [0.25, 0.3) is 16.7 Å². The van der Waals surface area contributed by atoms with Gasteiger partial charge in [-0.25, -0.2) is 9.37 Å². The molecule has 5 heteroatoms. The number of rotatable bonds is 2. The van der Waals surface area contributed by atoms with Crippen molar-refractivity contribution in [3.05, 3.63) is 57.7 Å². The molecule has 0 bridgehead atoms. The standard InChI is InChI=1S/C14H9ClFIN2/c15-8-13-18-14-11(16)5-2-6-12(14)19(13)10-4-1-3-9(17)7-10/h1-7H,8H2. The molecular weight excluding hydrogens is 378 g/mol. The highest BCUT2D eigenvalue weighted by Gasteiger charge is 2.14. The first-order valence-electron chi connectivity index (χ1n) is 5.68. The topological polar surface area (TPSA) is 17.8 Å². The molecule has 0 unspecified atom stereocenters. The van der Waals surface area contributed by atoms with Gasteiger partial charge < -0.3 is 0 Å². The van der Waals surface area contributed by atoms with Crippen LogP contribution in [0.2, 0.25) is 0 Å². The zero-order valence-corrected chi connectivity index (χ0v) is 12.7. The monoisotopic (exact) mass is 386 g/mol. The van der Waals surface area contributed by atoms with Crippen LogP contribution in [0.15, 0.2) is 42.5 Å². The fourth-order valence-electron chi connectivity index (χ4n) is 2.11. The third-order valence-corrected chi connectivity index (χ3v) is 3.80. The summed E-state index contributed by atoms with van der Waals surface area (Å²) in [5.41, 5.74) is 2.03. The Labute approximate surface area is 128 Å². The second-order valence-corrected chi connectivity index (χ2v) is 5.60. The van der Waals surface area contributed by atoms with Crippen molar-refractivity contribution < 1.29 is 4.39 Å². The summed E-state index contributed by atoms with van der Waals surface area (Å²) < 4.78 is 16.8. The Morgan fingerprint density at radius 3 is 2.74 bits per heavy atom. The molecule has 96 valence electrons. The number of para-hydroxylation sites is 1. The summed E-state index contributed by atoms with van der Waals surface area (Å²) in [7, 11) is 0. The number of benzene rings is 2. The summed E-state index contributed by atoms with van der Waals surface area (Å²) >= 11 is 8.18. The number of imidazole rings is 1.